The molecule has 2 aromatic carbocycles. The van der Waals surface area contributed by atoms with Gasteiger partial charge in [-0.3, -0.25) is 4.98 Å². The van der Waals surface area contributed by atoms with Gasteiger partial charge in [0.05, 0.1) is 11.8 Å². The molecule has 3 aromatic rings. The molecule has 3 rings (SSSR count). The molecule has 0 saturated heterocycles. The van der Waals surface area contributed by atoms with E-state index in [1.807, 2.05) is 42.5 Å². The first-order valence-corrected chi connectivity index (χ1v) is 7.55. The minimum atomic E-state index is -0.532. The maximum absolute atomic E-state index is 10.4. The normalized spacial score (nSPS) is 13.9. The van der Waals surface area contributed by atoms with Gasteiger partial charge in [0.1, 0.15) is 0 Å². The molecule has 3 heteroatoms. The molecular formula is C19H20N2O. The molecule has 0 aliphatic carbocycles. The Balaban J connectivity index is 1.67. The summed E-state index contributed by atoms with van der Waals surface area (Å²) < 4.78 is 0. The van der Waals surface area contributed by atoms with Crippen molar-refractivity contribution in [3.05, 3.63) is 78.1 Å². The Labute approximate surface area is 130 Å². The number of nitrogens with zero attached hydrogens (tertiary/aromatic N) is 1. The van der Waals surface area contributed by atoms with Gasteiger partial charge in [-0.1, -0.05) is 42.5 Å². The van der Waals surface area contributed by atoms with Crippen molar-refractivity contribution in [3.63, 3.8) is 0 Å². The number of hydrogen-bond acceptors (Lipinski definition) is 3. The number of pyridine rings is 1. The first-order chi connectivity index (χ1) is 10.7. The van der Waals surface area contributed by atoms with Crippen LogP contribution in [-0.4, -0.2) is 16.6 Å². The third kappa shape index (κ3) is 3.32. The van der Waals surface area contributed by atoms with E-state index in [0.717, 1.165) is 16.6 Å². The molecule has 2 N–H and O–H groups in total. The second-order valence-electron chi connectivity index (χ2n) is 5.51. The predicted molar refractivity (Wildman–Crippen MR) is 89.6 cm³/mol. The van der Waals surface area contributed by atoms with Crippen molar-refractivity contribution >= 4 is 10.8 Å². The van der Waals surface area contributed by atoms with Crippen LogP contribution in [0.5, 0.6) is 0 Å². The van der Waals surface area contributed by atoms with Gasteiger partial charge in [-0.05, 0) is 41.5 Å². The molecule has 1 aromatic heterocycles. The van der Waals surface area contributed by atoms with E-state index in [1.165, 1.54) is 5.39 Å². The number of aliphatic hydroxyl groups is 1. The smallest absolute Gasteiger partial charge is 0.0914 e. The predicted octanol–water partition coefficient (Wildman–Crippen LogP) is 3.62. The lowest BCUT2D eigenvalue weighted by Crippen LogP contribution is -2.25. The summed E-state index contributed by atoms with van der Waals surface area (Å²) in [5, 5.41) is 16.1. The molecule has 0 aliphatic heterocycles. The van der Waals surface area contributed by atoms with Crippen LogP contribution in [0.4, 0.5) is 0 Å². The van der Waals surface area contributed by atoms with E-state index in [2.05, 4.69) is 35.4 Å². The molecule has 0 saturated carbocycles. The highest BCUT2D eigenvalue weighted by molar-refractivity contribution is 5.83. The van der Waals surface area contributed by atoms with Gasteiger partial charge in [0.15, 0.2) is 0 Å². The summed E-state index contributed by atoms with van der Waals surface area (Å²) in [5.41, 5.74) is 1.91. The third-order valence-corrected chi connectivity index (χ3v) is 3.91. The van der Waals surface area contributed by atoms with Crippen LogP contribution in [0, 0.1) is 0 Å². The second-order valence-corrected chi connectivity index (χ2v) is 5.51. The third-order valence-electron chi connectivity index (χ3n) is 3.91. The Kier molecular flexibility index (Phi) is 4.47. The molecule has 1 heterocycles. The lowest BCUT2D eigenvalue weighted by Gasteiger charge is -2.17. The minimum absolute atomic E-state index is 0.108. The number of fused-ring (bicyclic) bond motifs is 1. The fourth-order valence-electron chi connectivity index (χ4n) is 2.56. The fourth-order valence-corrected chi connectivity index (χ4v) is 2.56. The van der Waals surface area contributed by atoms with Crippen molar-refractivity contribution < 1.29 is 5.11 Å². The van der Waals surface area contributed by atoms with Crippen molar-refractivity contribution in [2.24, 2.45) is 0 Å². The number of hydrogen-bond donors (Lipinski definition) is 2. The van der Waals surface area contributed by atoms with Gasteiger partial charge in [0.2, 0.25) is 0 Å². The van der Waals surface area contributed by atoms with Crippen LogP contribution in [0.2, 0.25) is 0 Å². The average molecular weight is 292 g/mol. The zero-order valence-corrected chi connectivity index (χ0v) is 12.6. The maximum Gasteiger partial charge on any atom is 0.0914 e. The summed E-state index contributed by atoms with van der Waals surface area (Å²) >= 11 is 0. The van der Waals surface area contributed by atoms with E-state index in [0.29, 0.717) is 6.54 Å². The molecule has 22 heavy (non-hydrogen) atoms. The van der Waals surface area contributed by atoms with E-state index in [1.54, 1.807) is 6.20 Å². The molecule has 0 bridgehead atoms. The van der Waals surface area contributed by atoms with Crippen molar-refractivity contribution in [2.45, 2.75) is 19.1 Å². The van der Waals surface area contributed by atoms with Crippen LogP contribution in [0.15, 0.2) is 66.9 Å². The van der Waals surface area contributed by atoms with Gasteiger partial charge >= 0.3 is 0 Å². The highest BCUT2D eigenvalue weighted by Gasteiger charge is 2.11. The van der Waals surface area contributed by atoms with E-state index in [9.17, 15) is 5.11 Å². The topological polar surface area (TPSA) is 45.1 Å². The lowest BCUT2D eigenvalue weighted by atomic mass is 10.0. The van der Waals surface area contributed by atoms with Gasteiger partial charge in [0, 0.05) is 18.8 Å². The van der Waals surface area contributed by atoms with Gasteiger partial charge in [-0.15, -0.1) is 0 Å². The Morgan fingerprint density at radius 3 is 2.55 bits per heavy atom. The molecular weight excluding hydrogens is 272 g/mol. The Hall–Kier alpha value is -2.23. The van der Waals surface area contributed by atoms with Crippen LogP contribution in [0.25, 0.3) is 10.8 Å². The van der Waals surface area contributed by atoms with Crippen LogP contribution in [0.3, 0.4) is 0 Å². The number of rotatable bonds is 5. The van der Waals surface area contributed by atoms with E-state index in [4.69, 9.17) is 0 Å². The van der Waals surface area contributed by atoms with Gasteiger partial charge in [-0.25, -0.2) is 0 Å². The zero-order valence-electron chi connectivity index (χ0n) is 12.6. The Bertz CT molecular complexity index is 743. The molecule has 0 radical (unpaired) electrons. The number of benzene rings is 2. The highest BCUT2D eigenvalue weighted by Crippen LogP contribution is 2.20. The number of nitrogens with one attached hydrogen (secondary N) is 1. The summed E-state index contributed by atoms with van der Waals surface area (Å²) in [4.78, 5) is 4.33. The standard InChI is InChI=1S/C19H20N2O/c1-14(18-8-4-5-11-20-18)21-13-19(22)17-10-9-15-6-2-3-7-16(15)12-17/h2-12,14,19,21-22H,13H2,1H3. The zero-order chi connectivity index (χ0) is 15.4. The summed E-state index contributed by atoms with van der Waals surface area (Å²) in [5.74, 6) is 0. The second kappa shape index (κ2) is 6.69. The van der Waals surface area contributed by atoms with Crippen molar-refractivity contribution in [1.29, 1.82) is 0 Å². The molecule has 0 spiro atoms. The van der Waals surface area contributed by atoms with Crippen LogP contribution < -0.4 is 5.32 Å². The fraction of sp³-hybridized carbons (Fsp3) is 0.211. The van der Waals surface area contributed by atoms with E-state index in [-0.39, 0.29) is 6.04 Å². The first-order valence-electron chi connectivity index (χ1n) is 7.55. The Morgan fingerprint density at radius 2 is 1.77 bits per heavy atom. The minimum Gasteiger partial charge on any atom is -0.387 e. The molecule has 2 atom stereocenters. The molecule has 2 unspecified atom stereocenters. The van der Waals surface area contributed by atoms with Crippen molar-refractivity contribution in [3.8, 4) is 0 Å². The molecule has 0 amide bonds. The molecule has 3 nitrogen and oxygen atoms in total. The average Bonchev–Trinajstić information content (AvgIpc) is 2.59. The SMILES string of the molecule is CC(NCC(O)c1ccc2ccccc2c1)c1ccccn1. The summed E-state index contributed by atoms with van der Waals surface area (Å²) in [6, 6.07) is 20.2. The molecule has 0 aliphatic rings. The van der Waals surface area contributed by atoms with Gasteiger partial charge < -0.3 is 10.4 Å². The number of aromatic nitrogens is 1. The number of aliphatic hydroxyl groups excluding tert-OH is 1. The van der Waals surface area contributed by atoms with Crippen molar-refractivity contribution in [2.75, 3.05) is 6.54 Å². The monoisotopic (exact) mass is 292 g/mol. The lowest BCUT2D eigenvalue weighted by molar-refractivity contribution is 0.170. The van der Waals surface area contributed by atoms with E-state index < -0.39 is 6.10 Å². The quantitative estimate of drug-likeness (QED) is 0.755. The summed E-state index contributed by atoms with van der Waals surface area (Å²) in [6.07, 6.45) is 1.25. The van der Waals surface area contributed by atoms with E-state index >= 15 is 0 Å². The van der Waals surface area contributed by atoms with Crippen LogP contribution in [0.1, 0.15) is 30.3 Å². The van der Waals surface area contributed by atoms with Crippen LogP contribution >= 0.6 is 0 Å². The van der Waals surface area contributed by atoms with Gasteiger partial charge in [-0.2, -0.15) is 0 Å². The largest absolute Gasteiger partial charge is 0.387 e. The van der Waals surface area contributed by atoms with Gasteiger partial charge in [0.25, 0.3) is 0 Å². The Morgan fingerprint density at radius 1 is 1.00 bits per heavy atom. The summed E-state index contributed by atoms with van der Waals surface area (Å²) in [6.45, 7) is 2.55. The summed E-state index contributed by atoms with van der Waals surface area (Å²) in [7, 11) is 0. The highest BCUT2D eigenvalue weighted by atomic mass is 16.3. The van der Waals surface area contributed by atoms with Crippen molar-refractivity contribution in [1.82, 2.24) is 10.3 Å². The maximum atomic E-state index is 10.4. The molecule has 0 fully saturated rings. The molecule has 112 valence electrons. The first kappa shape index (κ1) is 14.7. The van der Waals surface area contributed by atoms with Crippen LogP contribution in [-0.2, 0) is 0 Å².